The van der Waals surface area contributed by atoms with Gasteiger partial charge in [0.15, 0.2) is 0 Å². The Morgan fingerprint density at radius 2 is 1.91 bits per heavy atom. The van der Waals surface area contributed by atoms with Gasteiger partial charge in [0.25, 0.3) is 11.8 Å². The molecule has 33 heavy (non-hydrogen) atoms. The molecule has 0 radical (unpaired) electrons. The van der Waals surface area contributed by atoms with E-state index in [1.165, 1.54) is 18.3 Å². The molecule has 1 fully saturated rings. The van der Waals surface area contributed by atoms with Gasteiger partial charge in [-0.3, -0.25) is 9.59 Å². The monoisotopic (exact) mass is 529 g/mol. The maximum atomic E-state index is 12.7. The summed E-state index contributed by atoms with van der Waals surface area (Å²) in [5, 5.41) is 2.94. The highest BCUT2D eigenvalue weighted by Crippen LogP contribution is 2.27. The lowest BCUT2D eigenvalue weighted by molar-refractivity contribution is -0.139. The Balaban J connectivity index is 1.52. The van der Waals surface area contributed by atoms with Crippen LogP contribution in [-0.2, 0) is 0 Å². The minimum Gasteiger partial charge on any atom is -0.493 e. The Morgan fingerprint density at radius 3 is 2.58 bits per heavy atom. The van der Waals surface area contributed by atoms with Gasteiger partial charge in [-0.15, -0.1) is 0 Å². The molecule has 0 spiro atoms. The normalized spacial score (nSPS) is 18.4. The summed E-state index contributed by atoms with van der Waals surface area (Å²) in [5.74, 6) is -0.585. The first-order chi connectivity index (χ1) is 15.6. The van der Waals surface area contributed by atoms with Gasteiger partial charge in [-0.25, -0.2) is 4.98 Å². The van der Waals surface area contributed by atoms with Crippen molar-refractivity contribution in [3.8, 4) is 11.6 Å². The van der Waals surface area contributed by atoms with Gasteiger partial charge in [-0.2, -0.15) is 13.2 Å². The Kier molecular flexibility index (Phi) is 8.17. The lowest BCUT2D eigenvalue weighted by Crippen LogP contribution is -2.39. The highest BCUT2D eigenvalue weighted by atomic mass is 79.9. The van der Waals surface area contributed by atoms with Crippen LogP contribution in [0.15, 0.2) is 41.0 Å². The number of aromatic nitrogens is 1. The summed E-state index contributed by atoms with van der Waals surface area (Å²) in [6, 6.07) is 7.56. The van der Waals surface area contributed by atoms with E-state index in [1.54, 1.807) is 18.2 Å². The Hall–Kier alpha value is -2.82. The second-order valence-corrected chi connectivity index (χ2v) is 8.59. The summed E-state index contributed by atoms with van der Waals surface area (Å²) in [5.41, 5.74) is 5.85. The fourth-order valence-electron chi connectivity index (χ4n) is 3.49. The SMILES string of the molecule is NC(=O)c1cccnc1OC1CCC(NC(=O)c2cc(Br)cc(OCCC(F)(F)F)c2)CC1. The van der Waals surface area contributed by atoms with Crippen molar-refractivity contribution < 1.29 is 32.2 Å². The number of hydrogen-bond donors (Lipinski definition) is 2. The number of amides is 2. The van der Waals surface area contributed by atoms with Gasteiger partial charge < -0.3 is 20.5 Å². The van der Waals surface area contributed by atoms with Gasteiger partial charge in [-0.05, 0) is 56.0 Å². The van der Waals surface area contributed by atoms with Gasteiger partial charge in [0.2, 0.25) is 5.88 Å². The fourth-order valence-corrected chi connectivity index (χ4v) is 3.96. The number of carbonyl (C=O) groups is 2. The van der Waals surface area contributed by atoms with Crippen LogP contribution in [0.25, 0.3) is 0 Å². The largest absolute Gasteiger partial charge is 0.493 e. The van der Waals surface area contributed by atoms with E-state index in [-0.39, 0.29) is 40.8 Å². The van der Waals surface area contributed by atoms with Crippen LogP contribution in [0, 0.1) is 0 Å². The first kappa shape index (κ1) is 24.8. The van der Waals surface area contributed by atoms with E-state index >= 15 is 0 Å². The van der Waals surface area contributed by atoms with Crippen molar-refractivity contribution >= 4 is 27.7 Å². The summed E-state index contributed by atoms with van der Waals surface area (Å²) in [6.07, 6.45) is -1.44. The number of halogens is 4. The quantitative estimate of drug-likeness (QED) is 0.527. The summed E-state index contributed by atoms with van der Waals surface area (Å²) in [4.78, 5) is 28.3. The molecule has 0 bridgehead atoms. The van der Waals surface area contributed by atoms with Crippen molar-refractivity contribution in [1.82, 2.24) is 10.3 Å². The van der Waals surface area contributed by atoms with Crippen LogP contribution < -0.4 is 20.5 Å². The van der Waals surface area contributed by atoms with Crippen LogP contribution in [0.5, 0.6) is 11.6 Å². The first-order valence-corrected chi connectivity index (χ1v) is 11.1. The van der Waals surface area contributed by atoms with Gasteiger partial charge in [0, 0.05) is 22.3 Å². The number of nitrogens with zero attached hydrogens (tertiary/aromatic N) is 1. The molecule has 0 atom stereocenters. The van der Waals surface area contributed by atoms with E-state index < -0.39 is 25.1 Å². The summed E-state index contributed by atoms with van der Waals surface area (Å²) in [6.45, 7) is -0.529. The zero-order valence-electron chi connectivity index (χ0n) is 17.5. The van der Waals surface area contributed by atoms with Gasteiger partial charge in [0.1, 0.15) is 17.4 Å². The van der Waals surface area contributed by atoms with E-state index in [0.29, 0.717) is 30.2 Å². The molecule has 1 aromatic heterocycles. The van der Waals surface area contributed by atoms with Crippen molar-refractivity contribution in [3.63, 3.8) is 0 Å². The van der Waals surface area contributed by atoms with Crippen LogP contribution in [-0.4, -0.2) is 41.7 Å². The number of primary amides is 1. The van der Waals surface area contributed by atoms with Gasteiger partial charge in [0.05, 0.1) is 13.0 Å². The van der Waals surface area contributed by atoms with Crippen LogP contribution in [0.2, 0.25) is 0 Å². The number of nitrogens with two attached hydrogens (primary N) is 1. The van der Waals surface area contributed by atoms with Crippen LogP contribution in [0.1, 0.15) is 52.8 Å². The Bertz CT molecular complexity index is 995. The number of carbonyl (C=O) groups excluding carboxylic acids is 2. The highest BCUT2D eigenvalue weighted by molar-refractivity contribution is 9.10. The third kappa shape index (κ3) is 7.62. The van der Waals surface area contributed by atoms with E-state index in [1.807, 2.05) is 0 Å². The van der Waals surface area contributed by atoms with Crippen molar-refractivity contribution in [2.45, 2.75) is 50.4 Å². The molecule has 2 aromatic rings. The molecule has 11 heteroatoms. The van der Waals surface area contributed by atoms with E-state index in [2.05, 4.69) is 26.2 Å². The molecule has 0 saturated heterocycles. The molecule has 1 aromatic carbocycles. The minimum absolute atomic E-state index is 0.0923. The van der Waals surface area contributed by atoms with E-state index in [0.717, 1.165) is 0 Å². The van der Waals surface area contributed by atoms with E-state index in [9.17, 15) is 22.8 Å². The molecule has 3 rings (SSSR count). The predicted molar refractivity (Wildman–Crippen MR) is 117 cm³/mol. The Labute approximate surface area is 197 Å². The van der Waals surface area contributed by atoms with Crippen molar-refractivity contribution in [2.24, 2.45) is 5.73 Å². The number of pyridine rings is 1. The molecular weight excluding hydrogens is 507 g/mol. The maximum Gasteiger partial charge on any atom is 0.392 e. The molecule has 0 aliphatic heterocycles. The molecule has 1 saturated carbocycles. The molecule has 7 nitrogen and oxygen atoms in total. The number of alkyl halides is 3. The molecule has 1 aliphatic carbocycles. The predicted octanol–water partition coefficient (Wildman–Crippen LogP) is 4.39. The van der Waals surface area contributed by atoms with Crippen molar-refractivity contribution in [3.05, 3.63) is 52.1 Å². The summed E-state index contributed by atoms with van der Waals surface area (Å²) < 4.78 is 48.5. The van der Waals surface area contributed by atoms with Crippen LogP contribution >= 0.6 is 15.9 Å². The number of nitrogens with one attached hydrogen (secondary N) is 1. The zero-order valence-corrected chi connectivity index (χ0v) is 19.1. The summed E-state index contributed by atoms with van der Waals surface area (Å²) >= 11 is 3.26. The molecule has 1 aliphatic rings. The van der Waals surface area contributed by atoms with Crippen molar-refractivity contribution in [2.75, 3.05) is 6.61 Å². The highest BCUT2D eigenvalue weighted by Gasteiger charge is 2.27. The zero-order chi connectivity index (χ0) is 24.0. The summed E-state index contributed by atoms with van der Waals surface area (Å²) in [7, 11) is 0. The minimum atomic E-state index is -4.31. The average Bonchev–Trinajstić information content (AvgIpc) is 2.74. The standard InChI is InChI=1S/C22H23BrF3N3O4/c23-14-10-13(11-17(12-14)32-9-7-22(24,25)26)20(31)29-15-3-5-16(6-4-15)33-21-18(19(27)30)2-1-8-28-21/h1-2,8,10-12,15-16H,3-7,9H2,(H2,27,30)(H,29,31). The number of rotatable bonds is 8. The first-order valence-electron chi connectivity index (χ1n) is 10.3. The second kappa shape index (κ2) is 10.9. The number of hydrogen-bond acceptors (Lipinski definition) is 5. The average molecular weight is 530 g/mol. The molecule has 3 N–H and O–H groups in total. The fraction of sp³-hybridized carbons (Fsp3) is 0.409. The molecule has 1 heterocycles. The lowest BCUT2D eigenvalue weighted by atomic mass is 9.92. The van der Waals surface area contributed by atoms with Crippen molar-refractivity contribution in [1.29, 1.82) is 0 Å². The van der Waals surface area contributed by atoms with E-state index in [4.69, 9.17) is 15.2 Å². The molecular formula is C22H23BrF3N3O4. The third-order valence-electron chi connectivity index (χ3n) is 5.11. The molecule has 178 valence electrons. The number of ether oxygens (including phenoxy) is 2. The topological polar surface area (TPSA) is 104 Å². The van der Waals surface area contributed by atoms with Crippen LogP contribution in [0.4, 0.5) is 13.2 Å². The second-order valence-electron chi connectivity index (χ2n) is 7.67. The van der Waals surface area contributed by atoms with Gasteiger partial charge in [-0.1, -0.05) is 15.9 Å². The van der Waals surface area contributed by atoms with Crippen LogP contribution in [0.3, 0.4) is 0 Å². The maximum absolute atomic E-state index is 12.7. The lowest BCUT2D eigenvalue weighted by Gasteiger charge is -2.29. The number of benzene rings is 1. The third-order valence-corrected chi connectivity index (χ3v) is 5.57. The molecule has 0 unspecified atom stereocenters. The van der Waals surface area contributed by atoms with Gasteiger partial charge >= 0.3 is 6.18 Å². The smallest absolute Gasteiger partial charge is 0.392 e. The molecule has 2 amide bonds. The Morgan fingerprint density at radius 1 is 1.18 bits per heavy atom.